The van der Waals surface area contributed by atoms with Crippen LogP contribution in [0.2, 0.25) is 0 Å². The molecule has 1 atom stereocenters. The van der Waals surface area contributed by atoms with Gasteiger partial charge in [0.25, 0.3) is 0 Å². The van der Waals surface area contributed by atoms with Gasteiger partial charge < -0.3 is 9.88 Å². The number of hydrogen-bond acceptors (Lipinski definition) is 7. The zero-order valence-electron chi connectivity index (χ0n) is 14.9. The first-order valence-corrected chi connectivity index (χ1v) is 8.96. The number of rotatable bonds is 6. The Bertz CT molecular complexity index is 1030. The van der Waals surface area contributed by atoms with Crippen LogP contribution in [0.1, 0.15) is 6.92 Å². The number of hydrogen-bond donors (Lipinski definition) is 1. The lowest BCUT2D eigenvalue weighted by atomic mass is 10.2. The van der Waals surface area contributed by atoms with E-state index in [1.807, 2.05) is 0 Å². The molecular weight excluding hydrogens is 387 g/mol. The Labute approximate surface area is 163 Å². The highest BCUT2D eigenvalue weighted by atomic mass is 32.2. The molecule has 1 aromatic carbocycles. The van der Waals surface area contributed by atoms with Crippen LogP contribution in [0, 0.1) is 15.9 Å². The van der Waals surface area contributed by atoms with Gasteiger partial charge in [-0.15, -0.1) is 10.2 Å². The molecule has 0 fully saturated rings. The fourth-order valence-corrected chi connectivity index (χ4v) is 3.17. The highest BCUT2D eigenvalue weighted by molar-refractivity contribution is 8.00. The van der Waals surface area contributed by atoms with E-state index >= 15 is 0 Å². The molecule has 0 unspecified atom stereocenters. The van der Waals surface area contributed by atoms with Crippen molar-refractivity contribution >= 4 is 29.0 Å². The molecule has 3 aromatic rings. The number of anilines is 1. The second kappa shape index (κ2) is 8.13. The van der Waals surface area contributed by atoms with Crippen molar-refractivity contribution in [2.45, 2.75) is 17.3 Å². The summed E-state index contributed by atoms with van der Waals surface area (Å²) in [6, 6.07) is 6.79. The quantitative estimate of drug-likeness (QED) is 0.383. The third-order valence-electron chi connectivity index (χ3n) is 3.84. The predicted octanol–water partition coefficient (Wildman–Crippen LogP) is 3.04. The van der Waals surface area contributed by atoms with Crippen LogP contribution in [0.15, 0.2) is 47.9 Å². The SMILES string of the molecule is C[C@@H](Sc1nnc(-c2ccncc2)n1C)C(=O)Nc1ccc(F)c([N+](=O)[O-])c1. The molecule has 0 saturated carbocycles. The molecule has 1 N–H and O–H groups in total. The number of nitrogens with zero attached hydrogens (tertiary/aromatic N) is 5. The van der Waals surface area contributed by atoms with Crippen molar-refractivity contribution in [2.75, 3.05) is 5.32 Å². The first-order chi connectivity index (χ1) is 13.4. The summed E-state index contributed by atoms with van der Waals surface area (Å²) < 4.78 is 15.2. The average molecular weight is 402 g/mol. The Hall–Kier alpha value is -3.34. The van der Waals surface area contributed by atoms with Gasteiger partial charge in [0.05, 0.1) is 10.2 Å². The van der Waals surface area contributed by atoms with Crippen LogP contribution >= 0.6 is 11.8 Å². The van der Waals surface area contributed by atoms with Gasteiger partial charge in [0.2, 0.25) is 11.7 Å². The number of carbonyl (C=O) groups excluding carboxylic acids is 1. The van der Waals surface area contributed by atoms with Gasteiger partial charge in [0.15, 0.2) is 11.0 Å². The highest BCUT2D eigenvalue weighted by Crippen LogP contribution is 2.27. The molecule has 2 aromatic heterocycles. The monoisotopic (exact) mass is 402 g/mol. The molecule has 1 amide bonds. The molecular formula is C17H15FN6O3S. The van der Waals surface area contributed by atoms with E-state index in [0.29, 0.717) is 11.0 Å². The summed E-state index contributed by atoms with van der Waals surface area (Å²) in [5.41, 5.74) is 0.280. The summed E-state index contributed by atoms with van der Waals surface area (Å²) in [5.74, 6) is -0.737. The Morgan fingerprint density at radius 2 is 2.00 bits per heavy atom. The summed E-state index contributed by atoms with van der Waals surface area (Å²) in [5, 5.41) is 21.6. The van der Waals surface area contributed by atoms with Gasteiger partial charge in [0.1, 0.15) is 0 Å². The summed E-state index contributed by atoms with van der Waals surface area (Å²) in [6.45, 7) is 1.67. The van der Waals surface area contributed by atoms with Crippen LogP contribution in [0.4, 0.5) is 15.8 Å². The number of aromatic nitrogens is 4. The van der Waals surface area contributed by atoms with E-state index in [1.165, 1.54) is 17.8 Å². The number of amides is 1. The minimum atomic E-state index is -0.965. The lowest BCUT2D eigenvalue weighted by molar-refractivity contribution is -0.387. The van der Waals surface area contributed by atoms with Crippen LogP contribution < -0.4 is 5.32 Å². The smallest absolute Gasteiger partial charge is 0.306 e. The van der Waals surface area contributed by atoms with E-state index in [9.17, 15) is 19.3 Å². The fourth-order valence-electron chi connectivity index (χ4n) is 2.36. The standard InChI is InChI=1S/C17H15FN6O3S/c1-10(16(25)20-12-3-4-13(18)14(9-12)24(26)27)28-17-22-21-15(23(17)2)11-5-7-19-8-6-11/h3-10H,1-2H3,(H,20,25)/t10-/m1/s1. The van der Waals surface area contributed by atoms with E-state index in [2.05, 4.69) is 20.5 Å². The third-order valence-corrected chi connectivity index (χ3v) is 4.97. The molecule has 3 rings (SSSR count). The zero-order chi connectivity index (χ0) is 20.3. The number of thioether (sulfide) groups is 1. The molecule has 9 nitrogen and oxygen atoms in total. The summed E-state index contributed by atoms with van der Waals surface area (Å²) in [4.78, 5) is 26.3. The van der Waals surface area contributed by atoms with Crippen molar-refractivity contribution in [3.05, 3.63) is 58.7 Å². The van der Waals surface area contributed by atoms with Crippen molar-refractivity contribution in [1.29, 1.82) is 0 Å². The Balaban J connectivity index is 1.71. The number of nitro groups is 1. The summed E-state index contributed by atoms with van der Waals surface area (Å²) in [6.07, 6.45) is 3.30. The van der Waals surface area contributed by atoms with Crippen molar-refractivity contribution < 1.29 is 14.1 Å². The van der Waals surface area contributed by atoms with Crippen LogP contribution in [-0.2, 0) is 11.8 Å². The Morgan fingerprint density at radius 1 is 1.29 bits per heavy atom. The average Bonchev–Trinajstić information content (AvgIpc) is 3.04. The van der Waals surface area contributed by atoms with Gasteiger partial charge >= 0.3 is 5.69 Å². The number of nitrogens with one attached hydrogen (secondary N) is 1. The van der Waals surface area contributed by atoms with Crippen LogP contribution in [0.3, 0.4) is 0 Å². The molecule has 0 spiro atoms. The largest absolute Gasteiger partial charge is 0.325 e. The second-order valence-electron chi connectivity index (χ2n) is 5.77. The predicted molar refractivity (Wildman–Crippen MR) is 101 cm³/mol. The molecule has 0 saturated heterocycles. The number of pyridine rings is 1. The van der Waals surface area contributed by atoms with Gasteiger partial charge in [-0.1, -0.05) is 11.8 Å². The molecule has 0 bridgehead atoms. The summed E-state index contributed by atoms with van der Waals surface area (Å²) >= 11 is 1.18. The lowest BCUT2D eigenvalue weighted by Crippen LogP contribution is -2.23. The zero-order valence-corrected chi connectivity index (χ0v) is 15.7. The second-order valence-corrected chi connectivity index (χ2v) is 7.08. The third kappa shape index (κ3) is 4.14. The van der Waals surface area contributed by atoms with E-state index in [1.54, 1.807) is 43.1 Å². The number of nitro benzene ring substituents is 1. The number of carbonyl (C=O) groups is 1. The first-order valence-electron chi connectivity index (χ1n) is 8.08. The topological polar surface area (TPSA) is 116 Å². The maximum absolute atomic E-state index is 13.4. The minimum absolute atomic E-state index is 0.140. The molecule has 0 radical (unpaired) electrons. The molecule has 144 valence electrons. The van der Waals surface area contributed by atoms with Crippen LogP contribution in [-0.4, -0.2) is 35.8 Å². The van der Waals surface area contributed by atoms with Gasteiger partial charge in [-0.05, 0) is 31.2 Å². The normalized spacial score (nSPS) is 11.8. The van der Waals surface area contributed by atoms with Crippen molar-refractivity contribution in [2.24, 2.45) is 7.05 Å². The van der Waals surface area contributed by atoms with Crippen LogP contribution in [0.5, 0.6) is 0 Å². The van der Waals surface area contributed by atoms with Gasteiger partial charge in [0, 0.05) is 36.8 Å². The summed E-state index contributed by atoms with van der Waals surface area (Å²) in [7, 11) is 1.78. The first kappa shape index (κ1) is 19.4. The molecule has 28 heavy (non-hydrogen) atoms. The number of benzene rings is 1. The molecule has 2 heterocycles. The van der Waals surface area contributed by atoms with E-state index in [4.69, 9.17) is 0 Å². The Morgan fingerprint density at radius 3 is 2.68 bits per heavy atom. The number of halogens is 1. The maximum Gasteiger partial charge on any atom is 0.306 e. The van der Waals surface area contributed by atoms with Crippen molar-refractivity contribution in [3.8, 4) is 11.4 Å². The minimum Gasteiger partial charge on any atom is -0.325 e. The molecule has 0 aliphatic heterocycles. The van der Waals surface area contributed by atoms with Crippen molar-refractivity contribution in [1.82, 2.24) is 19.7 Å². The molecule has 0 aliphatic carbocycles. The van der Waals surface area contributed by atoms with E-state index in [0.717, 1.165) is 17.7 Å². The van der Waals surface area contributed by atoms with Crippen LogP contribution in [0.25, 0.3) is 11.4 Å². The maximum atomic E-state index is 13.4. The van der Waals surface area contributed by atoms with Gasteiger partial charge in [-0.25, -0.2) is 0 Å². The molecule has 11 heteroatoms. The highest BCUT2D eigenvalue weighted by Gasteiger charge is 2.21. The lowest BCUT2D eigenvalue weighted by Gasteiger charge is -2.11. The van der Waals surface area contributed by atoms with E-state index < -0.39 is 27.6 Å². The van der Waals surface area contributed by atoms with Gasteiger partial charge in [-0.3, -0.25) is 19.9 Å². The van der Waals surface area contributed by atoms with E-state index in [-0.39, 0.29) is 5.69 Å². The molecule has 0 aliphatic rings. The Kier molecular flexibility index (Phi) is 5.64. The van der Waals surface area contributed by atoms with Gasteiger partial charge in [-0.2, -0.15) is 4.39 Å². The fraction of sp³-hybridized carbons (Fsp3) is 0.176. The van der Waals surface area contributed by atoms with Crippen molar-refractivity contribution in [3.63, 3.8) is 0 Å².